The van der Waals surface area contributed by atoms with E-state index in [0.717, 1.165) is 0 Å². The van der Waals surface area contributed by atoms with Gasteiger partial charge in [0.05, 0.1) is 12.1 Å². The van der Waals surface area contributed by atoms with Crippen molar-refractivity contribution in [1.82, 2.24) is 0 Å². The van der Waals surface area contributed by atoms with Crippen LogP contribution in [0.3, 0.4) is 0 Å². The van der Waals surface area contributed by atoms with Gasteiger partial charge in [0, 0.05) is 0 Å². The average Bonchev–Trinajstić information content (AvgIpc) is 2.58. The summed E-state index contributed by atoms with van der Waals surface area (Å²) in [7, 11) is 0. The molecule has 2 heterocycles. The minimum Gasteiger partial charge on any atom is -0.472 e. The van der Waals surface area contributed by atoms with Crippen LogP contribution in [0.1, 0.15) is 13.8 Å². The van der Waals surface area contributed by atoms with Crippen LogP contribution >= 0.6 is 0 Å². The fraction of sp³-hybridized carbons (Fsp3) is 0.750. The molecule has 0 radical (unpaired) electrons. The van der Waals surface area contributed by atoms with Crippen LogP contribution in [0.25, 0.3) is 0 Å². The molecule has 0 amide bonds. The molecule has 0 saturated carbocycles. The predicted molar refractivity (Wildman–Crippen MR) is 45.7 cm³/mol. The van der Waals surface area contributed by atoms with Gasteiger partial charge in [0.2, 0.25) is 0 Å². The fourth-order valence-electron chi connectivity index (χ4n) is 1.18. The first-order chi connectivity index (χ1) is 5.75. The highest BCUT2D eigenvalue weighted by atomic mass is 16.5. The van der Waals surface area contributed by atoms with Gasteiger partial charge >= 0.3 is 0 Å². The third-order valence-electron chi connectivity index (χ3n) is 1.78. The van der Waals surface area contributed by atoms with Crippen LogP contribution in [0.2, 0.25) is 0 Å². The van der Waals surface area contributed by atoms with Crippen molar-refractivity contribution in [2.75, 3.05) is 13.2 Å². The van der Waals surface area contributed by atoms with E-state index in [9.17, 15) is 0 Å². The van der Waals surface area contributed by atoms with Gasteiger partial charge < -0.3 is 9.47 Å². The topological polar surface area (TPSA) is 43.2 Å². The number of rotatable bonds is 1. The van der Waals surface area contributed by atoms with Gasteiger partial charge in [-0.3, -0.25) is 0 Å². The summed E-state index contributed by atoms with van der Waals surface area (Å²) in [6.07, 6.45) is 0. The Kier molecular flexibility index (Phi) is 1.75. The molecule has 0 N–H and O–H groups in total. The molecule has 2 unspecified atom stereocenters. The Labute approximate surface area is 71.3 Å². The molecule has 0 aromatic rings. The average molecular weight is 168 g/mol. The molecular weight excluding hydrogens is 156 g/mol. The molecule has 0 spiro atoms. The normalized spacial score (nSPS) is 33.8. The van der Waals surface area contributed by atoms with Crippen molar-refractivity contribution in [1.29, 1.82) is 0 Å². The zero-order valence-electron chi connectivity index (χ0n) is 7.28. The number of hydrogen-bond donors (Lipinski definition) is 0. The second-order valence-corrected chi connectivity index (χ2v) is 3.19. The van der Waals surface area contributed by atoms with Gasteiger partial charge in [-0.2, -0.15) is 0 Å². The van der Waals surface area contributed by atoms with E-state index < -0.39 is 0 Å². The van der Waals surface area contributed by atoms with Crippen molar-refractivity contribution >= 4 is 11.8 Å². The molecule has 0 saturated heterocycles. The van der Waals surface area contributed by atoms with Crippen LogP contribution in [0.4, 0.5) is 0 Å². The van der Waals surface area contributed by atoms with Crippen molar-refractivity contribution in [3.05, 3.63) is 0 Å². The van der Waals surface area contributed by atoms with Crippen LogP contribution in [-0.2, 0) is 9.47 Å². The predicted octanol–water partition coefficient (Wildman–Crippen LogP) is 0.621. The maximum atomic E-state index is 5.29. The first kappa shape index (κ1) is 7.58. The fourth-order valence-corrected chi connectivity index (χ4v) is 1.18. The molecule has 2 rings (SSSR count). The molecule has 12 heavy (non-hydrogen) atoms. The zero-order valence-corrected chi connectivity index (χ0v) is 7.28. The van der Waals surface area contributed by atoms with E-state index >= 15 is 0 Å². The SMILES string of the molecule is CC1COC(C2=NC(C)CO2)=N1. The summed E-state index contributed by atoms with van der Waals surface area (Å²) >= 11 is 0. The van der Waals surface area contributed by atoms with Crippen LogP contribution < -0.4 is 0 Å². The number of hydrogen-bond acceptors (Lipinski definition) is 4. The maximum Gasteiger partial charge on any atom is 0.273 e. The van der Waals surface area contributed by atoms with E-state index in [1.54, 1.807) is 0 Å². The van der Waals surface area contributed by atoms with Gasteiger partial charge in [0.25, 0.3) is 11.8 Å². The number of ether oxygens (including phenoxy) is 2. The second-order valence-electron chi connectivity index (χ2n) is 3.19. The van der Waals surface area contributed by atoms with Crippen molar-refractivity contribution in [3.8, 4) is 0 Å². The monoisotopic (exact) mass is 168 g/mol. The van der Waals surface area contributed by atoms with Crippen molar-refractivity contribution in [3.63, 3.8) is 0 Å². The lowest BCUT2D eigenvalue weighted by molar-refractivity contribution is 0.299. The molecule has 0 fully saturated rings. The highest BCUT2D eigenvalue weighted by Crippen LogP contribution is 2.10. The van der Waals surface area contributed by atoms with Crippen molar-refractivity contribution < 1.29 is 9.47 Å². The van der Waals surface area contributed by atoms with Crippen LogP contribution in [0, 0.1) is 0 Å². The summed E-state index contributed by atoms with van der Waals surface area (Å²) < 4.78 is 10.6. The quantitative estimate of drug-likeness (QED) is 0.576. The molecule has 2 aliphatic rings. The van der Waals surface area contributed by atoms with E-state index in [0.29, 0.717) is 25.0 Å². The van der Waals surface area contributed by atoms with Crippen LogP contribution in [0.5, 0.6) is 0 Å². The molecule has 2 atom stereocenters. The Hall–Kier alpha value is -1.06. The first-order valence-corrected chi connectivity index (χ1v) is 4.17. The van der Waals surface area contributed by atoms with Gasteiger partial charge in [0.15, 0.2) is 0 Å². The minimum atomic E-state index is 0.238. The summed E-state index contributed by atoms with van der Waals surface area (Å²) in [5, 5.41) is 0. The summed E-state index contributed by atoms with van der Waals surface area (Å²) in [4.78, 5) is 8.49. The van der Waals surface area contributed by atoms with E-state index in [4.69, 9.17) is 9.47 Å². The Balaban J connectivity index is 2.10. The van der Waals surface area contributed by atoms with Crippen molar-refractivity contribution in [2.45, 2.75) is 25.9 Å². The molecule has 0 aromatic carbocycles. The highest BCUT2D eigenvalue weighted by Gasteiger charge is 2.25. The third kappa shape index (κ3) is 1.29. The minimum absolute atomic E-state index is 0.238. The molecule has 0 aromatic heterocycles. The van der Waals surface area contributed by atoms with E-state index in [1.807, 2.05) is 13.8 Å². The molecule has 4 heteroatoms. The lowest BCUT2D eigenvalue weighted by Crippen LogP contribution is -2.14. The summed E-state index contributed by atoms with van der Waals surface area (Å²) in [6.45, 7) is 5.30. The van der Waals surface area contributed by atoms with Gasteiger partial charge in [-0.05, 0) is 13.8 Å². The van der Waals surface area contributed by atoms with Crippen molar-refractivity contribution in [2.24, 2.45) is 9.98 Å². The largest absolute Gasteiger partial charge is 0.472 e. The zero-order chi connectivity index (χ0) is 8.55. The molecule has 2 aliphatic heterocycles. The van der Waals surface area contributed by atoms with Gasteiger partial charge in [-0.15, -0.1) is 0 Å². The molecule has 4 nitrogen and oxygen atoms in total. The van der Waals surface area contributed by atoms with E-state index in [2.05, 4.69) is 9.98 Å². The highest BCUT2D eigenvalue weighted by molar-refractivity contribution is 6.36. The standard InChI is InChI=1S/C8H12N2O2/c1-5-3-11-7(9-5)8-10-6(2)4-12-8/h5-6H,3-4H2,1-2H3. The summed E-state index contributed by atoms with van der Waals surface area (Å²) in [5.41, 5.74) is 0. The Morgan fingerprint density at radius 2 is 1.42 bits per heavy atom. The van der Waals surface area contributed by atoms with Crippen LogP contribution in [-0.4, -0.2) is 37.1 Å². The molecule has 66 valence electrons. The first-order valence-electron chi connectivity index (χ1n) is 4.17. The van der Waals surface area contributed by atoms with Gasteiger partial charge in [-0.1, -0.05) is 0 Å². The van der Waals surface area contributed by atoms with Gasteiger partial charge in [-0.25, -0.2) is 9.98 Å². The van der Waals surface area contributed by atoms with E-state index in [1.165, 1.54) is 0 Å². The second kappa shape index (κ2) is 2.77. The van der Waals surface area contributed by atoms with Gasteiger partial charge in [0.1, 0.15) is 13.2 Å². The molecule has 0 bridgehead atoms. The summed E-state index contributed by atoms with van der Waals surface area (Å²) in [5.74, 6) is 1.15. The third-order valence-corrected chi connectivity index (χ3v) is 1.78. The Bertz CT molecular complexity index is 221. The number of aliphatic imine (C=N–C) groups is 2. The molecular formula is C8H12N2O2. The number of nitrogens with zero attached hydrogens (tertiary/aromatic N) is 2. The lowest BCUT2D eigenvalue weighted by Gasteiger charge is -1.99. The van der Waals surface area contributed by atoms with E-state index in [-0.39, 0.29) is 12.1 Å². The molecule has 0 aliphatic carbocycles. The Morgan fingerprint density at radius 3 is 1.67 bits per heavy atom. The van der Waals surface area contributed by atoms with Crippen LogP contribution in [0.15, 0.2) is 9.98 Å². The smallest absolute Gasteiger partial charge is 0.273 e. The Morgan fingerprint density at radius 1 is 1.00 bits per heavy atom. The maximum absolute atomic E-state index is 5.29. The summed E-state index contributed by atoms with van der Waals surface area (Å²) in [6, 6.07) is 0.476. The lowest BCUT2D eigenvalue weighted by atomic mass is 10.4.